The number of anilines is 2. The van der Waals surface area contributed by atoms with Crippen molar-refractivity contribution in [1.29, 1.82) is 0 Å². The number of carbonyl (C=O) groups excluding carboxylic acids is 1. The Balaban J connectivity index is 1.55. The van der Waals surface area contributed by atoms with Crippen LogP contribution in [0.4, 0.5) is 20.2 Å². The first-order valence-corrected chi connectivity index (χ1v) is 10.2. The van der Waals surface area contributed by atoms with E-state index in [4.69, 9.17) is 4.74 Å². The van der Waals surface area contributed by atoms with Crippen LogP contribution in [0.15, 0.2) is 42.5 Å². The van der Waals surface area contributed by atoms with Gasteiger partial charge in [0.15, 0.2) is 11.6 Å². The number of morpholine rings is 1. The van der Waals surface area contributed by atoms with Gasteiger partial charge in [-0.1, -0.05) is 6.07 Å². The molecular formula is C23H29F2N3O2. The molecule has 0 aromatic heterocycles. The Morgan fingerprint density at radius 1 is 1.13 bits per heavy atom. The molecule has 1 saturated heterocycles. The van der Waals surface area contributed by atoms with Gasteiger partial charge in [-0.05, 0) is 69.8 Å². The molecule has 1 fully saturated rings. The van der Waals surface area contributed by atoms with Gasteiger partial charge in [-0.3, -0.25) is 9.69 Å². The van der Waals surface area contributed by atoms with Crippen molar-refractivity contribution < 1.29 is 18.3 Å². The molecule has 3 unspecified atom stereocenters. The lowest BCUT2D eigenvalue weighted by Gasteiger charge is -2.36. The predicted molar refractivity (Wildman–Crippen MR) is 115 cm³/mol. The van der Waals surface area contributed by atoms with Gasteiger partial charge < -0.3 is 15.0 Å². The van der Waals surface area contributed by atoms with Crippen LogP contribution in [0, 0.1) is 11.6 Å². The molecule has 7 heteroatoms. The molecule has 0 saturated carbocycles. The van der Waals surface area contributed by atoms with Crippen LogP contribution in [0.2, 0.25) is 0 Å². The van der Waals surface area contributed by atoms with E-state index in [1.807, 2.05) is 31.2 Å². The summed E-state index contributed by atoms with van der Waals surface area (Å²) < 4.78 is 32.4. The number of rotatable bonds is 6. The number of nitrogens with zero attached hydrogens (tertiary/aromatic N) is 2. The highest BCUT2D eigenvalue weighted by atomic mass is 19.2. The minimum absolute atomic E-state index is 0.125. The molecule has 1 heterocycles. The van der Waals surface area contributed by atoms with Crippen molar-refractivity contribution in [3.63, 3.8) is 0 Å². The fourth-order valence-electron chi connectivity index (χ4n) is 3.73. The molecule has 1 aliphatic heterocycles. The first-order valence-electron chi connectivity index (χ1n) is 10.2. The first kappa shape index (κ1) is 22.2. The smallest absolute Gasteiger partial charge is 0.238 e. The molecule has 2 aromatic rings. The fraction of sp³-hybridized carbons (Fsp3) is 0.435. The highest BCUT2D eigenvalue weighted by molar-refractivity contribution is 5.92. The summed E-state index contributed by atoms with van der Waals surface area (Å²) in [7, 11) is 1.77. The second kappa shape index (κ2) is 9.53. The number of hydrogen-bond acceptors (Lipinski definition) is 4. The summed E-state index contributed by atoms with van der Waals surface area (Å²) in [6.07, 6.45) is 0.362. The maximum absolute atomic E-state index is 13.5. The van der Waals surface area contributed by atoms with Gasteiger partial charge in [0.25, 0.3) is 0 Å². The zero-order valence-corrected chi connectivity index (χ0v) is 17.9. The molecule has 0 bridgehead atoms. The van der Waals surface area contributed by atoms with Crippen molar-refractivity contribution >= 4 is 17.3 Å². The Hall–Kier alpha value is -2.51. The van der Waals surface area contributed by atoms with E-state index in [9.17, 15) is 13.6 Å². The maximum Gasteiger partial charge on any atom is 0.238 e. The Morgan fingerprint density at radius 2 is 1.77 bits per heavy atom. The zero-order valence-electron chi connectivity index (χ0n) is 17.9. The first-order chi connectivity index (χ1) is 14.2. The average molecular weight is 418 g/mol. The third-order valence-electron chi connectivity index (χ3n) is 5.42. The number of carbonyl (C=O) groups is 1. The fourth-order valence-corrected chi connectivity index (χ4v) is 3.73. The van der Waals surface area contributed by atoms with Gasteiger partial charge in [0.2, 0.25) is 5.91 Å². The van der Waals surface area contributed by atoms with Crippen LogP contribution in [-0.4, -0.2) is 49.7 Å². The van der Waals surface area contributed by atoms with E-state index < -0.39 is 11.6 Å². The Kier molecular flexibility index (Phi) is 7.05. The third-order valence-corrected chi connectivity index (χ3v) is 5.42. The highest BCUT2D eigenvalue weighted by Gasteiger charge is 2.22. The number of hydrogen-bond donors (Lipinski definition) is 1. The molecule has 3 atom stereocenters. The molecule has 2 aromatic carbocycles. The van der Waals surface area contributed by atoms with Crippen molar-refractivity contribution in [1.82, 2.24) is 4.90 Å². The molecule has 3 rings (SSSR count). The molecule has 0 radical (unpaired) electrons. The van der Waals surface area contributed by atoms with Crippen molar-refractivity contribution in [2.45, 2.75) is 39.0 Å². The summed E-state index contributed by atoms with van der Waals surface area (Å²) in [6.45, 7) is 7.77. The number of nitrogens with one attached hydrogen (secondary N) is 1. The minimum atomic E-state index is -0.888. The predicted octanol–water partition coefficient (Wildman–Crippen LogP) is 4.21. The SMILES string of the molecule is CC1CN(c2ccc(NC(=O)CN(C)C(C)c3ccc(F)c(F)c3)cc2)CC(C)O1. The molecule has 30 heavy (non-hydrogen) atoms. The molecule has 162 valence electrons. The van der Waals surface area contributed by atoms with Crippen molar-refractivity contribution in [2.75, 3.05) is 36.9 Å². The Bertz CT molecular complexity index is 865. The molecule has 5 nitrogen and oxygen atoms in total. The van der Waals surface area contributed by atoms with Crippen LogP contribution in [0.25, 0.3) is 0 Å². The van der Waals surface area contributed by atoms with E-state index in [1.54, 1.807) is 11.9 Å². The quantitative estimate of drug-likeness (QED) is 0.765. The second-order valence-corrected chi connectivity index (χ2v) is 8.02. The van der Waals surface area contributed by atoms with E-state index in [0.717, 1.165) is 24.8 Å². The molecule has 1 N–H and O–H groups in total. The van der Waals surface area contributed by atoms with Gasteiger partial charge in [0, 0.05) is 30.5 Å². The molecule has 1 aliphatic rings. The number of amides is 1. The van der Waals surface area contributed by atoms with Crippen molar-refractivity contribution in [2.24, 2.45) is 0 Å². The molecule has 0 spiro atoms. The lowest BCUT2D eigenvalue weighted by Crippen LogP contribution is -2.45. The lowest BCUT2D eigenvalue weighted by atomic mass is 10.1. The van der Waals surface area contributed by atoms with E-state index >= 15 is 0 Å². The summed E-state index contributed by atoms with van der Waals surface area (Å²) in [5.41, 5.74) is 2.42. The van der Waals surface area contributed by atoms with Gasteiger partial charge in [-0.2, -0.15) is 0 Å². The van der Waals surface area contributed by atoms with Crippen molar-refractivity contribution in [3.05, 3.63) is 59.7 Å². The molecule has 1 amide bonds. The van der Waals surface area contributed by atoms with Crippen LogP contribution in [0.5, 0.6) is 0 Å². The number of halogens is 2. The largest absolute Gasteiger partial charge is 0.372 e. The summed E-state index contributed by atoms with van der Waals surface area (Å²) in [5, 5.41) is 2.89. The van der Waals surface area contributed by atoms with Gasteiger partial charge in [-0.15, -0.1) is 0 Å². The second-order valence-electron chi connectivity index (χ2n) is 8.02. The summed E-state index contributed by atoms with van der Waals surface area (Å²) in [4.78, 5) is 16.5. The Labute approximate surface area is 176 Å². The van der Waals surface area contributed by atoms with Crippen LogP contribution < -0.4 is 10.2 Å². The van der Waals surface area contributed by atoms with E-state index in [1.165, 1.54) is 12.1 Å². The van der Waals surface area contributed by atoms with Gasteiger partial charge in [-0.25, -0.2) is 8.78 Å². The Morgan fingerprint density at radius 3 is 2.37 bits per heavy atom. The normalized spacial score (nSPS) is 20.3. The summed E-state index contributed by atoms with van der Waals surface area (Å²) in [5.74, 6) is -1.94. The lowest BCUT2D eigenvalue weighted by molar-refractivity contribution is -0.117. The molecule has 0 aliphatic carbocycles. The van der Waals surface area contributed by atoms with Crippen LogP contribution in [0.1, 0.15) is 32.4 Å². The van der Waals surface area contributed by atoms with E-state index in [-0.39, 0.29) is 30.7 Å². The van der Waals surface area contributed by atoms with Gasteiger partial charge >= 0.3 is 0 Å². The number of ether oxygens (including phenoxy) is 1. The number of benzene rings is 2. The van der Waals surface area contributed by atoms with Crippen LogP contribution >= 0.6 is 0 Å². The standard InChI is InChI=1S/C23H29F2N3O2/c1-15-12-28(13-16(2)30-15)20-8-6-19(7-9-20)26-23(29)14-27(4)17(3)18-5-10-21(24)22(25)11-18/h5-11,15-17H,12-14H2,1-4H3,(H,26,29). The van der Waals surface area contributed by atoms with Crippen molar-refractivity contribution in [3.8, 4) is 0 Å². The minimum Gasteiger partial charge on any atom is -0.372 e. The third kappa shape index (κ3) is 5.55. The summed E-state index contributed by atoms with van der Waals surface area (Å²) >= 11 is 0. The van der Waals surface area contributed by atoms with Crippen LogP contribution in [0.3, 0.4) is 0 Å². The molecular weight excluding hydrogens is 388 g/mol. The number of likely N-dealkylation sites (N-methyl/N-ethyl adjacent to an activating group) is 1. The highest BCUT2D eigenvalue weighted by Crippen LogP contribution is 2.23. The zero-order chi connectivity index (χ0) is 21.8. The topological polar surface area (TPSA) is 44.8 Å². The van der Waals surface area contributed by atoms with Gasteiger partial charge in [0.1, 0.15) is 0 Å². The van der Waals surface area contributed by atoms with E-state index in [2.05, 4.69) is 24.1 Å². The van der Waals surface area contributed by atoms with Gasteiger partial charge in [0.05, 0.1) is 18.8 Å². The summed E-state index contributed by atoms with van der Waals surface area (Å²) in [6, 6.07) is 11.3. The van der Waals surface area contributed by atoms with Crippen LogP contribution in [-0.2, 0) is 9.53 Å². The maximum atomic E-state index is 13.5. The monoisotopic (exact) mass is 417 g/mol. The average Bonchev–Trinajstić information content (AvgIpc) is 2.69. The van der Waals surface area contributed by atoms with E-state index in [0.29, 0.717) is 11.3 Å².